The highest BCUT2D eigenvalue weighted by molar-refractivity contribution is 5.96. The number of nitrogens with zero attached hydrogens (tertiary/aromatic N) is 5. The zero-order valence-corrected chi connectivity index (χ0v) is 13.9. The average molecular weight is 328 g/mol. The largest absolute Gasteiger partial charge is 0.345 e. The maximum atomic E-state index is 12.5. The molecule has 0 saturated carbocycles. The Balaban J connectivity index is 1.87. The first-order valence-electron chi connectivity index (χ1n) is 7.88. The second-order valence-electron chi connectivity index (χ2n) is 6.23. The van der Waals surface area contributed by atoms with Crippen molar-refractivity contribution >= 4 is 17.6 Å². The van der Waals surface area contributed by atoms with E-state index in [1.165, 1.54) is 4.68 Å². The molecule has 3 heterocycles. The number of amides is 2. The third-order valence-electron chi connectivity index (χ3n) is 4.02. The molecule has 24 heavy (non-hydrogen) atoms. The normalized spacial score (nSPS) is 17.6. The fourth-order valence-corrected chi connectivity index (χ4v) is 2.59. The summed E-state index contributed by atoms with van der Waals surface area (Å²) < 4.78 is 1.52. The summed E-state index contributed by atoms with van der Waals surface area (Å²) in [6, 6.07) is 3.54. The second kappa shape index (κ2) is 6.38. The van der Waals surface area contributed by atoms with Crippen LogP contribution in [0.1, 0.15) is 31.9 Å². The van der Waals surface area contributed by atoms with Crippen molar-refractivity contribution in [3.8, 4) is 5.95 Å². The van der Waals surface area contributed by atoms with Gasteiger partial charge in [-0.05, 0) is 12.0 Å². The zero-order chi connectivity index (χ0) is 17.3. The van der Waals surface area contributed by atoms with Gasteiger partial charge in [0.1, 0.15) is 5.82 Å². The zero-order valence-electron chi connectivity index (χ0n) is 13.9. The number of carbonyl (C=O) groups is 2. The number of nitrogens with one attached hydrogen (secondary N) is 1. The van der Waals surface area contributed by atoms with Crippen LogP contribution in [0.15, 0.2) is 24.5 Å². The highest BCUT2D eigenvalue weighted by atomic mass is 16.2. The lowest BCUT2D eigenvalue weighted by Crippen LogP contribution is -2.26. The molecule has 1 aliphatic rings. The number of hydrogen-bond acceptors (Lipinski definition) is 5. The Kier molecular flexibility index (Phi) is 4.28. The van der Waals surface area contributed by atoms with Gasteiger partial charge in [-0.3, -0.25) is 9.59 Å². The van der Waals surface area contributed by atoms with Gasteiger partial charge < -0.3 is 10.2 Å². The lowest BCUT2D eigenvalue weighted by molar-refractivity contribution is -0.127. The molecule has 1 unspecified atom stereocenters. The van der Waals surface area contributed by atoms with Gasteiger partial charge in [0, 0.05) is 38.5 Å². The van der Waals surface area contributed by atoms with Crippen molar-refractivity contribution in [1.29, 1.82) is 0 Å². The minimum Gasteiger partial charge on any atom is -0.345 e. The first kappa shape index (κ1) is 16.1. The topological polar surface area (TPSA) is 93.0 Å². The van der Waals surface area contributed by atoms with Gasteiger partial charge >= 0.3 is 0 Å². The van der Waals surface area contributed by atoms with Crippen LogP contribution in [0.4, 0.5) is 5.82 Å². The predicted molar refractivity (Wildman–Crippen MR) is 87.6 cm³/mol. The van der Waals surface area contributed by atoms with E-state index in [0.29, 0.717) is 18.3 Å². The molecule has 0 radical (unpaired) electrons. The maximum absolute atomic E-state index is 12.5. The molecule has 3 rings (SSSR count). The third kappa shape index (κ3) is 3.12. The van der Waals surface area contributed by atoms with E-state index in [4.69, 9.17) is 0 Å². The molecule has 1 N–H and O–H groups in total. The Hall–Kier alpha value is -2.77. The van der Waals surface area contributed by atoms with Gasteiger partial charge in [0.15, 0.2) is 0 Å². The molecule has 0 bridgehead atoms. The molecule has 1 fully saturated rings. The van der Waals surface area contributed by atoms with E-state index < -0.39 is 0 Å². The molecule has 1 aliphatic heterocycles. The van der Waals surface area contributed by atoms with E-state index in [0.717, 1.165) is 5.69 Å². The average Bonchev–Trinajstić information content (AvgIpc) is 3.13. The van der Waals surface area contributed by atoms with Crippen LogP contribution in [-0.2, 0) is 9.59 Å². The molecule has 126 valence electrons. The second-order valence-corrected chi connectivity index (χ2v) is 6.23. The number of rotatable bonds is 4. The van der Waals surface area contributed by atoms with Gasteiger partial charge in [0.25, 0.3) is 5.95 Å². The van der Waals surface area contributed by atoms with E-state index in [-0.39, 0.29) is 30.1 Å². The number of hydrogen-bond donors (Lipinski definition) is 1. The Labute approximate surface area is 139 Å². The summed E-state index contributed by atoms with van der Waals surface area (Å²) >= 11 is 0. The van der Waals surface area contributed by atoms with Crippen LogP contribution in [0.3, 0.4) is 0 Å². The summed E-state index contributed by atoms with van der Waals surface area (Å²) in [5, 5.41) is 7.36. The minimum absolute atomic E-state index is 0.0158. The minimum atomic E-state index is -0.356. The van der Waals surface area contributed by atoms with Gasteiger partial charge in [0.2, 0.25) is 11.8 Å². The van der Waals surface area contributed by atoms with E-state index in [9.17, 15) is 9.59 Å². The van der Waals surface area contributed by atoms with Gasteiger partial charge in [-0.15, -0.1) is 0 Å². The smallest absolute Gasteiger partial charge is 0.252 e. The van der Waals surface area contributed by atoms with Crippen LogP contribution < -0.4 is 5.32 Å². The van der Waals surface area contributed by atoms with Crippen LogP contribution in [0, 0.1) is 5.92 Å². The molecule has 1 atom stereocenters. The first-order chi connectivity index (χ1) is 11.5. The number of likely N-dealkylation sites (tertiary alicyclic amines) is 1. The highest BCUT2D eigenvalue weighted by Crippen LogP contribution is 2.23. The van der Waals surface area contributed by atoms with E-state index in [1.54, 1.807) is 30.4 Å². The standard InChI is InChI=1S/C16H20N6O2/c1-10(2)12-8-13(22(20-12)16-17-5-4-6-18-16)19-15(24)11-7-14(23)21(3)9-11/h4-6,8,10-11H,7,9H2,1-3H3,(H,19,24). The summed E-state index contributed by atoms with van der Waals surface area (Å²) in [6.07, 6.45) is 3.47. The van der Waals surface area contributed by atoms with E-state index in [2.05, 4.69) is 20.4 Å². The Morgan fingerprint density at radius 1 is 1.33 bits per heavy atom. The van der Waals surface area contributed by atoms with Crippen molar-refractivity contribution in [3.05, 3.63) is 30.2 Å². The number of anilines is 1. The Morgan fingerprint density at radius 3 is 2.62 bits per heavy atom. The summed E-state index contributed by atoms with van der Waals surface area (Å²) in [7, 11) is 1.70. The molecule has 8 nitrogen and oxygen atoms in total. The molecule has 0 aromatic carbocycles. The van der Waals surface area contributed by atoms with Crippen molar-refractivity contribution < 1.29 is 9.59 Å². The molecular formula is C16H20N6O2. The predicted octanol–water partition coefficient (Wildman–Crippen LogP) is 1.20. The lowest BCUT2D eigenvalue weighted by Gasteiger charge is -2.11. The van der Waals surface area contributed by atoms with Crippen molar-refractivity contribution in [2.24, 2.45) is 5.92 Å². The van der Waals surface area contributed by atoms with E-state index >= 15 is 0 Å². The van der Waals surface area contributed by atoms with Crippen molar-refractivity contribution in [1.82, 2.24) is 24.6 Å². The molecule has 0 spiro atoms. The monoisotopic (exact) mass is 328 g/mol. The van der Waals surface area contributed by atoms with Crippen molar-refractivity contribution in [2.45, 2.75) is 26.2 Å². The van der Waals surface area contributed by atoms with Crippen LogP contribution >= 0.6 is 0 Å². The molecule has 2 amide bonds. The van der Waals surface area contributed by atoms with Gasteiger partial charge in [-0.25, -0.2) is 9.97 Å². The summed E-state index contributed by atoms with van der Waals surface area (Å²) in [4.78, 5) is 34.1. The Bertz CT molecular complexity index is 755. The number of carbonyl (C=O) groups excluding carboxylic acids is 2. The molecule has 0 aliphatic carbocycles. The Morgan fingerprint density at radius 2 is 2.04 bits per heavy atom. The van der Waals surface area contributed by atoms with Crippen LogP contribution in [-0.4, -0.2) is 50.1 Å². The van der Waals surface area contributed by atoms with Gasteiger partial charge in [0.05, 0.1) is 11.6 Å². The molecule has 2 aromatic heterocycles. The SMILES string of the molecule is CC(C)c1cc(NC(=O)C2CC(=O)N(C)C2)n(-c2ncccn2)n1. The van der Waals surface area contributed by atoms with Crippen LogP contribution in [0.5, 0.6) is 0 Å². The van der Waals surface area contributed by atoms with Crippen molar-refractivity contribution in [2.75, 3.05) is 18.9 Å². The van der Waals surface area contributed by atoms with Gasteiger partial charge in [-0.2, -0.15) is 9.78 Å². The lowest BCUT2D eigenvalue weighted by atomic mass is 10.1. The molecular weight excluding hydrogens is 308 g/mol. The quantitative estimate of drug-likeness (QED) is 0.910. The summed E-state index contributed by atoms with van der Waals surface area (Å²) in [5.41, 5.74) is 0.831. The maximum Gasteiger partial charge on any atom is 0.252 e. The number of aromatic nitrogens is 4. The van der Waals surface area contributed by atoms with Crippen LogP contribution in [0.25, 0.3) is 5.95 Å². The third-order valence-corrected chi connectivity index (χ3v) is 4.02. The van der Waals surface area contributed by atoms with Gasteiger partial charge in [-0.1, -0.05) is 13.8 Å². The fourth-order valence-electron chi connectivity index (χ4n) is 2.59. The van der Waals surface area contributed by atoms with E-state index in [1.807, 2.05) is 19.9 Å². The van der Waals surface area contributed by atoms with Crippen molar-refractivity contribution in [3.63, 3.8) is 0 Å². The first-order valence-corrected chi connectivity index (χ1v) is 7.88. The highest BCUT2D eigenvalue weighted by Gasteiger charge is 2.32. The van der Waals surface area contributed by atoms with Crippen LogP contribution in [0.2, 0.25) is 0 Å². The molecule has 1 saturated heterocycles. The fraction of sp³-hybridized carbons (Fsp3) is 0.438. The molecule has 8 heteroatoms. The summed E-state index contributed by atoms with van der Waals surface area (Å²) in [5.74, 6) is 0.532. The summed E-state index contributed by atoms with van der Waals surface area (Å²) in [6.45, 7) is 4.47. The molecule has 2 aromatic rings.